The van der Waals surface area contributed by atoms with E-state index in [1.54, 1.807) is 19.1 Å². The largest absolute Gasteiger partial charge is 0.325 e. The van der Waals surface area contributed by atoms with Crippen LogP contribution in [0, 0.1) is 13.8 Å². The molecule has 0 fully saturated rings. The Hall–Kier alpha value is -1.93. The van der Waals surface area contributed by atoms with E-state index in [4.69, 9.17) is 5.73 Å². The van der Waals surface area contributed by atoms with Crippen molar-refractivity contribution in [1.29, 1.82) is 0 Å². The molecule has 0 aromatic carbocycles. The highest BCUT2D eigenvalue weighted by Gasteiger charge is 2.23. The summed E-state index contributed by atoms with van der Waals surface area (Å²) in [6.07, 6.45) is 1.46. The molecule has 2 aromatic heterocycles. The van der Waals surface area contributed by atoms with Crippen LogP contribution in [0.25, 0.3) is 0 Å². The number of nitrogens with one attached hydrogen (secondary N) is 2. The maximum absolute atomic E-state index is 12.3. The monoisotopic (exact) mass is 281 g/mol. The molecule has 0 amide bonds. The van der Waals surface area contributed by atoms with Crippen molar-refractivity contribution in [2.24, 2.45) is 5.73 Å². The zero-order valence-electron chi connectivity index (χ0n) is 10.6. The fraction of sp³-hybridized carbons (Fsp3) is 0.273. The normalized spacial score (nSPS) is 11.5. The summed E-state index contributed by atoms with van der Waals surface area (Å²) in [6.45, 7) is 3.51. The Morgan fingerprint density at radius 3 is 2.68 bits per heavy atom. The molecule has 2 aromatic rings. The molecule has 0 spiro atoms. The van der Waals surface area contributed by atoms with Gasteiger partial charge in [-0.15, -0.1) is 0 Å². The van der Waals surface area contributed by atoms with Gasteiger partial charge in [0.1, 0.15) is 4.90 Å². The van der Waals surface area contributed by atoms with Crippen LogP contribution in [-0.4, -0.2) is 23.6 Å². The standard InChI is InChI=1S/C11H15N5O2S/c1-7-3-4-9(6-13-7)16-19(17,18)11-8(2)14-15-10(11)5-12/h3-4,6,16H,5,12H2,1-2H3,(H,14,15). The third-order valence-electron chi connectivity index (χ3n) is 2.59. The molecule has 0 saturated heterocycles. The molecule has 0 bridgehead atoms. The van der Waals surface area contributed by atoms with Gasteiger partial charge in [0.15, 0.2) is 0 Å². The van der Waals surface area contributed by atoms with E-state index in [1.165, 1.54) is 6.20 Å². The lowest BCUT2D eigenvalue weighted by Gasteiger charge is -2.08. The first kappa shape index (κ1) is 13.5. The van der Waals surface area contributed by atoms with Crippen LogP contribution in [0.15, 0.2) is 23.2 Å². The Morgan fingerprint density at radius 2 is 2.11 bits per heavy atom. The molecule has 102 valence electrons. The lowest BCUT2D eigenvalue weighted by Crippen LogP contribution is -2.16. The van der Waals surface area contributed by atoms with Gasteiger partial charge in [-0.1, -0.05) is 0 Å². The highest BCUT2D eigenvalue weighted by molar-refractivity contribution is 7.92. The average Bonchev–Trinajstić information content (AvgIpc) is 2.74. The molecule has 4 N–H and O–H groups in total. The molecule has 8 heteroatoms. The minimum Gasteiger partial charge on any atom is -0.325 e. The van der Waals surface area contributed by atoms with Crippen LogP contribution in [0.1, 0.15) is 17.1 Å². The fourth-order valence-corrected chi connectivity index (χ4v) is 3.12. The number of aromatic amines is 1. The van der Waals surface area contributed by atoms with Crippen LogP contribution in [-0.2, 0) is 16.6 Å². The molecule has 7 nitrogen and oxygen atoms in total. The number of nitrogens with zero attached hydrogens (tertiary/aromatic N) is 2. The maximum Gasteiger partial charge on any atom is 0.265 e. The highest BCUT2D eigenvalue weighted by Crippen LogP contribution is 2.20. The molecule has 19 heavy (non-hydrogen) atoms. The SMILES string of the molecule is Cc1ccc(NS(=O)(=O)c2c(CN)n[nH]c2C)cn1. The summed E-state index contributed by atoms with van der Waals surface area (Å²) in [6, 6.07) is 3.38. The van der Waals surface area contributed by atoms with Gasteiger partial charge in [0.05, 0.1) is 23.3 Å². The molecule has 0 aliphatic heterocycles. The molecule has 0 aliphatic carbocycles. The Morgan fingerprint density at radius 1 is 1.37 bits per heavy atom. The van der Waals surface area contributed by atoms with Gasteiger partial charge in [-0.3, -0.25) is 14.8 Å². The summed E-state index contributed by atoms with van der Waals surface area (Å²) in [5.74, 6) is 0. The number of hydrogen-bond donors (Lipinski definition) is 3. The van der Waals surface area contributed by atoms with Gasteiger partial charge in [-0.2, -0.15) is 5.10 Å². The topological polar surface area (TPSA) is 114 Å². The van der Waals surface area contributed by atoms with Gasteiger partial charge in [0.25, 0.3) is 10.0 Å². The fourth-order valence-electron chi connectivity index (χ4n) is 1.70. The predicted molar refractivity (Wildman–Crippen MR) is 71.0 cm³/mol. The van der Waals surface area contributed by atoms with Crippen LogP contribution < -0.4 is 10.5 Å². The Labute approximate surface area is 111 Å². The van der Waals surface area contributed by atoms with Crippen molar-refractivity contribution >= 4 is 15.7 Å². The van der Waals surface area contributed by atoms with Gasteiger partial charge in [0, 0.05) is 12.2 Å². The van der Waals surface area contributed by atoms with Crippen LogP contribution in [0.3, 0.4) is 0 Å². The minimum atomic E-state index is -3.72. The number of H-pyrrole nitrogens is 1. The second-order valence-corrected chi connectivity index (χ2v) is 5.74. The molecule has 0 radical (unpaired) electrons. The van der Waals surface area contributed by atoms with Crippen molar-refractivity contribution in [2.45, 2.75) is 25.3 Å². The van der Waals surface area contributed by atoms with Crippen molar-refractivity contribution in [3.8, 4) is 0 Å². The van der Waals surface area contributed by atoms with E-state index >= 15 is 0 Å². The summed E-state index contributed by atoms with van der Waals surface area (Å²) < 4.78 is 27.0. The summed E-state index contributed by atoms with van der Waals surface area (Å²) in [4.78, 5) is 4.13. The molecule has 2 heterocycles. The zero-order valence-corrected chi connectivity index (χ0v) is 11.5. The molecule has 0 atom stereocenters. The first-order valence-electron chi connectivity index (χ1n) is 5.63. The van der Waals surface area contributed by atoms with Gasteiger partial charge in [-0.05, 0) is 26.0 Å². The van der Waals surface area contributed by atoms with Crippen LogP contribution in [0.2, 0.25) is 0 Å². The minimum absolute atomic E-state index is 0.0483. The van der Waals surface area contributed by atoms with Gasteiger partial charge in [0.2, 0.25) is 0 Å². The van der Waals surface area contributed by atoms with Crippen LogP contribution in [0.4, 0.5) is 5.69 Å². The zero-order chi connectivity index (χ0) is 14.0. The van der Waals surface area contributed by atoms with Crippen molar-refractivity contribution < 1.29 is 8.42 Å². The number of aryl methyl sites for hydroxylation is 2. The van der Waals surface area contributed by atoms with Crippen molar-refractivity contribution in [3.63, 3.8) is 0 Å². The number of nitrogens with two attached hydrogens (primary N) is 1. The van der Waals surface area contributed by atoms with Gasteiger partial charge < -0.3 is 5.73 Å². The third kappa shape index (κ3) is 2.74. The molecule has 0 aliphatic rings. The van der Waals surface area contributed by atoms with Crippen molar-refractivity contribution in [2.75, 3.05) is 4.72 Å². The smallest absolute Gasteiger partial charge is 0.265 e. The Balaban J connectivity index is 2.37. The third-order valence-corrected chi connectivity index (χ3v) is 4.17. The lowest BCUT2D eigenvalue weighted by molar-refractivity contribution is 0.599. The Kier molecular flexibility index (Phi) is 3.54. The van der Waals surface area contributed by atoms with E-state index in [2.05, 4.69) is 19.9 Å². The van der Waals surface area contributed by atoms with E-state index < -0.39 is 10.0 Å². The molecular formula is C11H15N5O2S. The quantitative estimate of drug-likeness (QED) is 0.762. The molecule has 2 rings (SSSR count). The predicted octanol–water partition coefficient (Wildman–Crippen LogP) is 0.681. The van der Waals surface area contributed by atoms with E-state index in [0.29, 0.717) is 17.1 Å². The highest BCUT2D eigenvalue weighted by atomic mass is 32.2. The maximum atomic E-state index is 12.3. The molecule has 0 saturated carbocycles. The Bertz CT molecular complexity index is 676. The first-order valence-corrected chi connectivity index (χ1v) is 7.11. The van der Waals surface area contributed by atoms with Crippen LogP contribution >= 0.6 is 0 Å². The number of anilines is 1. The molecule has 0 unspecified atom stereocenters. The lowest BCUT2D eigenvalue weighted by atomic mass is 10.4. The number of sulfonamides is 1. The van der Waals surface area contributed by atoms with Crippen molar-refractivity contribution in [1.82, 2.24) is 15.2 Å². The van der Waals surface area contributed by atoms with Gasteiger partial charge >= 0.3 is 0 Å². The van der Waals surface area contributed by atoms with E-state index in [0.717, 1.165) is 5.69 Å². The number of aromatic nitrogens is 3. The van der Waals surface area contributed by atoms with Crippen LogP contribution in [0.5, 0.6) is 0 Å². The second kappa shape index (κ2) is 4.98. The van der Waals surface area contributed by atoms with E-state index in [9.17, 15) is 8.42 Å². The second-order valence-electron chi connectivity index (χ2n) is 4.12. The molecular weight excluding hydrogens is 266 g/mol. The van der Waals surface area contributed by atoms with Gasteiger partial charge in [-0.25, -0.2) is 8.42 Å². The number of rotatable bonds is 4. The average molecular weight is 281 g/mol. The van der Waals surface area contributed by atoms with E-state index in [1.807, 2.05) is 6.92 Å². The number of pyridine rings is 1. The van der Waals surface area contributed by atoms with E-state index in [-0.39, 0.29) is 11.4 Å². The summed E-state index contributed by atoms with van der Waals surface area (Å²) in [5.41, 5.74) is 7.46. The van der Waals surface area contributed by atoms with Crippen molar-refractivity contribution in [3.05, 3.63) is 35.4 Å². The summed E-state index contributed by atoms with van der Waals surface area (Å²) in [5, 5.41) is 6.50. The first-order chi connectivity index (χ1) is 8.94. The summed E-state index contributed by atoms with van der Waals surface area (Å²) >= 11 is 0. The number of hydrogen-bond acceptors (Lipinski definition) is 5. The summed E-state index contributed by atoms with van der Waals surface area (Å²) in [7, 11) is -3.72.